The molecule has 25 heavy (non-hydrogen) atoms. The Labute approximate surface area is 159 Å². The van der Waals surface area contributed by atoms with E-state index in [1.807, 2.05) is 0 Å². The van der Waals surface area contributed by atoms with Gasteiger partial charge in [-0.25, -0.2) is 0 Å². The molecule has 0 heteroatoms. The van der Waals surface area contributed by atoms with Crippen molar-refractivity contribution in [2.75, 3.05) is 0 Å². The van der Waals surface area contributed by atoms with E-state index < -0.39 is 0 Å². The Kier molecular flexibility index (Phi) is 6.13. The summed E-state index contributed by atoms with van der Waals surface area (Å²) in [4.78, 5) is 0. The molecule has 0 aliphatic heterocycles. The second-order valence-electron chi connectivity index (χ2n) is 11.0. The summed E-state index contributed by atoms with van der Waals surface area (Å²) in [6.45, 7) is 25.4. The highest BCUT2D eigenvalue weighted by molar-refractivity contribution is 5.18. The molecule has 0 saturated heterocycles. The fraction of sp³-hybridized carbons (Fsp3) is 1.00. The van der Waals surface area contributed by atoms with Crippen LogP contribution in [0.2, 0.25) is 0 Å². The average Bonchev–Trinajstić information content (AvgIpc) is 2.58. The van der Waals surface area contributed by atoms with Gasteiger partial charge in [0, 0.05) is 0 Å². The van der Waals surface area contributed by atoms with E-state index >= 15 is 0 Å². The summed E-state index contributed by atoms with van der Waals surface area (Å²) < 4.78 is 0. The van der Waals surface area contributed by atoms with Crippen molar-refractivity contribution in [3.8, 4) is 0 Å². The highest BCUT2D eigenvalue weighted by Gasteiger charge is 2.70. The van der Waals surface area contributed by atoms with Gasteiger partial charge in [0.15, 0.2) is 0 Å². The monoisotopic (exact) mass is 348 g/mol. The van der Waals surface area contributed by atoms with E-state index in [0.717, 1.165) is 35.5 Å². The Bertz CT molecular complexity index is 449. The lowest BCUT2D eigenvalue weighted by Gasteiger charge is -2.75. The van der Waals surface area contributed by atoms with Gasteiger partial charge < -0.3 is 0 Å². The standard InChI is InChI=1S/C25H48/c1-11-14-18(5)21-15-16-25(20(7)24(21,10)13-3)19(6)23(8,9)22(25)17(4)12-2/h17-22H,11-16H2,1-10H3. The zero-order valence-corrected chi connectivity index (χ0v) is 19.2. The van der Waals surface area contributed by atoms with E-state index in [1.165, 1.54) is 38.5 Å². The van der Waals surface area contributed by atoms with Crippen LogP contribution in [0.5, 0.6) is 0 Å². The van der Waals surface area contributed by atoms with Gasteiger partial charge in [0.1, 0.15) is 0 Å². The zero-order valence-electron chi connectivity index (χ0n) is 19.2. The van der Waals surface area contributed by atoms with Crippen molar-refractivity contribution >= 4 is 0 Å². The van der Waals surface area contributed by atoms with Gasteiger partial charge >= 0.3 is 0 Å². The van der Waals surface area contributed by atoms with Gasteiger partial charge in [-0.1, -0.05) is 94.9 Å². The minimum absolute atomic E-state index is 0.514. The normalized spacial score (nSPS) is 45.8. The van der Waals surface area contributed by atoms with Crippen molar-refractivity contribution in [2.45, 2.75) is 108 Å². The lowest BCUT2D eigenvalue weighted by atomic mass is 9.29. The first-order valence-corrected chi connectivity index (χ1v) is 11.5. The average molecular weight is 349 g/mol. The summed E-state index contributed by atoms with van der Waals surface area (Å²) in [5.74, 6) is 5.29. The first-order valence-electron chi connectivity index (χ1n) is 11.5. The molecule has 2 aliphatic carbocycles. The molecule has 2 saturated carbocycles. The van der Waals surface area contributed by atoms with Gasteiger partial charge in [0.2, 0.25) is 0 Å². The van der Waals surface area contributed by atoms with Crippen LogP contribution in [0.15, 0.2) is 0 Å². The van der Waals surface area contributed by atoms with Crippen LogP contribution in [0.25, 0.3) is 0 Å². The van der Waals surface area contributed by atoms with Crippen LogP contribution in [-0.2, 0) is 0 Å². The Morgan fingerprint density at radius 2 is 1.52 bits per heavy atom. The summed E-state index contributed by atoms with van der Waals surface area (Å²) in [6, 6.07) is 0. The van der Waals surface area contributed by atoms with Gasteiger partial charge in [-0.3, -0.25) is 0 Å². The molecule has 8 unspecified atom stereocenters. The third-order valence-corrected chi connectivity index (χ3v) is 10.2. The Morgan fingerprint density at radius 1 is 0.920 bits per heavy atom. The van der Waals surface area contributed by atoms with Crippen LogP contribution in [0.3, 0.4) is 0 Å². The maximum absolute atomic E-state index is 2.67. The van der Waals surface area contributed by atoms with Crippen molar-refractivity contribution in [2.24, 2.45) is 51.8 Å². The Hall–Kier alpha value is 0. The van der Waals surface area contributed by atoms with Crippen molar-refractivity contribution < 1.29 is 0 Å². The van der Waals surface area contributed by atoms with Crippen LogP contribution in [0, 0.1) is 51.8 Å². The summed E-state index contributed by atoms with van der Waals surface area (Å²) in [5.41, 5.74) is 1.62. The van der Waals surface area contributed by atoms with Crippen LogP contribution in [0.1, 0.15) is 108 Å². The summed E-state index contributed by atoms with van der Waals surface area (Å²) in [5, 5.41) is 0. The first-order chi connectivity index (χ1) is 11.5. The fourth-order valence-corrected chi connectivity index (χ4v) is 8.39. The first kappa shape index (κ1) is 21.3. The topological polar surface area (TPSA) is 0 Å². The molecular formula is C25H48. The third-order valence-electron chi connectivity index (χ3n) is 10.2. The Morgan fingerprint density at radius 3 is 2.00 bits per heavy atom. The van der Waals surface area contributed by atoms with Crippen molar-refractivity contribution in [3.63, 3.8) is 0 Å². The maximum Gasteiger partial charge on any atom is -0.0200 e. The largest absolute Gasteiger partial charge is 0.0654 e. The number of hydrogen-bond donors (Lipinski definition) is 0. The predicted molar refractivity (Wildman–Crippen MR) is 113 cm³/mol. The number of rotatable bonds is 6. The van der Waals surface area contributed by atoms with Crippen LogP contribution >= 0.6 is 0 Å². The molecule has 2 rings (SSSR count). The highest BCUT2D eigenvalue weighted by atomic mass is 14.7. The molecule has 148 valence electrons. The van der Waals surface area contributed by atoms with Crippen molar-refractivity contribution in [1.82, 2.24) is 0 Å². The molecule has 1 spiro atoms. The molecule has 0 aromatic rings. The molecule has 0 nitrogen and oxygen atoms in total. The SMILES string of the molecule is CCCC(C)C1CCC2(C(C)C(C)(C)C2C(C)CC)C(C)C1(C)CC. The smallest absolute Gasteiger partial charge is 0.0200 e. The highest BCUT2D eigenvalue weighted by Crippen LogP contribution is 2.76. The van der Waals surface area contributed by atoms with E-state index in [4.69, 9.17) is 0 Å². The molecule has 0 aromatic heterocycles. The van der Waals surface area contributed by atoms with E-state index in [-0.39, 0.29) is 0 Å². The van der Waals surface area contributed by atoms with Gasteiger partial charge in [0.05, 0.1) is 0 Å². The lowest BCUT2D eigenvalue weighted by molar-refractivity contribution is -0.274. The molecule has 8 atom stereocenters. The minimum atomic E-state index is 0.514. The molecular weight excluding hydrogens is 300 g/mol. The van der Waals surface area contributed by atoms with E-state index in [2.05, 4.69) is 69.2 Å². The van der Waals surface area contributed by atoms with Crippen LogP contribution in [-0.4, -0.2) is 0 Å². The zero-order chi connectivity index (χ0) is 19.2. The van der Waals surface area contributed by atoms with Crippen molar-refractivity contribution in [3.05, 3.63) is 0 Å². The molecule has 2 fully saturated rings. The van der Waals surface area contributed by atoms with E-state index in [9.17, 15) is 0 Å². The molecule has 0 aromatic carbocycles. The van der Waals surface area contributed by atoms with Gasteiger partial charge in [-0.15, -0.1) is 0 Å². The van der Waals surface area contributed by atoms with Gasteiger partial charge in [-0.2, -0.15) is 0 Å². The lowest BCUT2D eigenvalue weighted by Crippen LogP contribution is -2.70. The summed E-state index contributed by atoms with van der Waals surface area (Å²) in [7, 11) is 0. The van der Waals surface area contributed by atoms with E-state index in [0.29, 0.717) is 16.2 Å². The second kappa shape index (κ2) is 7.20. The second-order valence-corrected chi connectivity index (χ2v) is 11.0. The number of hydrogen-bond acceptors (Lipinski definition) is 0. The van der Waals surface area contributed by atoms with Gasteiger partial charge in [0.25, 0.3) is 0 Å². The third kappa shape index (κ3) is 2.84. The summed E-state index contributed by atoms with van der Waals surface area (Å²) in [6.07, 6.45) is 8.42. The maximum atomic E-state index is 2.67. The molecule has 2 aliphatic rings. The molecule has 0 N–H and O–H groups in total. The minimum Gasteiger partial charge on any atom is -0.0654 e. The quantitative estimate of drug-likeness (QED) is 0.453. The fourth-order valence-electron chi connectivity index (χ4n) is 8.39. The molecule has 0 heterocycles. The van der Waals surface area contributed by atoms with Crippen LogP contribution in [0.4, 0.5) is 0 Å². The Balaban J connectivity index is 2.42. The van der Waals surface area contributed by atoms with E-state index in [1.54, 1.807) is 0 Å². The summed E-state index contributed by atoms with van der Waals surface area (Å²) >= 11 is 0. The molecule has 0 radical (unpaired) electrons. The van der Waals surface area contributed by atoms with Crippen LogP contribution < -0.4 is 0 Å². The van der Waals surface area contributed by atoms with Gasteiger partial charge in [-0.05, 0) is 64.6 Å². The predicted octanol–water partition coefficient (Wildman–Crippen LogP) is 8.21. The van der Waals surface area contributed by atoms with Crippen molar-refractivity contribution in [1.29, 1.82) is 0 Å². The molecule has 0 amide bonds. The molecule has 0 bridgehead atoms.